The number of carbonyl (C=O) groups is 2. The van der Waals surface area contributed by atoms with Crippen molar-refractivity contribution in [3.8, 4) is 11.5 Å². The lowest BCUT2D eigenvalue weighted by Gasteiger charge is -2.18. The van der Waals surface area contributed by atoms with Gasteiger partial charge < -0.3 is 18.9 Å². The van der Waals surface area contributed by atoms with E-state index in [0.717, 1.165) is 18.4 Å². The molecule has 0 fully saturated rings. The van der Waals surface area contributed by atoms with Crippen molar-refractivity contribution in [2.45, 2.75) is 40.0 Å². The normalized spacial score (nSPS) is 11.4. The zero-order valence-electron chi connectivity index (χ0n) is 19.8. The van der Waals surface area contributed by atoms with Gasteiger partial charge in [0.2, 0.25) is 0 Å². The van der Waals surface area contributed by atoms with E-state index in [4.69, 9.17) is 18.9 Å². The van der Waals surface area contributed by atoms with Crippen LogP contribution in [0.4, 0.5) is 9.59 Å². The molecule has 0 saturated heterocycles. The van der Waals surface area contributed by atoms with Crippen LogP contribution >= 0.6 is 0 Å². The second-order valence-corrected chi connectivity index (χ2v) is 7.48. The van der Waals surface area contributed by atoms with Gasteiger partial charge in [-0.25, -0.2) is 9.59 Å². The number of aryl methyl sites for hydroxylation is 1. The van der Waals surface area contributed by atoms with E-state index in [2.05, 4.69) is 0 Å². The molecular weight excluding hydrogens is 432 g/mol. The lowest BCUT2D eigenvalue weighted by atomic mass is 9.96. The summed E-state index contributed by atoms with van der Waals surface area (Å²) >= 11 is 0. The molecule has 0 heterocycles. The van der Waals surface area contributed by atoms with Gasteiger partial charge in [0.1, 0.15) is 19.0 Å². The van der Waals surface area contributed by atoms with Crippen molar-refractivity contribution in [3.63, 3.8) is 0 Å². The molecule has 0 aromatic heterocycles. The predicted octanol–water partition coefficient (Wildman–Crippen LogP) is 7.52. The summed E-state index contributed by atoms with van der Waals surface area (Å²) in [4.78, 5) is 25.0. The van der Waals surface area contributed by atoms with Gasteiger partial charge in [-0.05, 0) is 24.8 Å². The van der Waals surface area contributed by atoms with E-state index in [0.29, 0.717) is 39.5 Å². The molecular formula is C28H30O6. The van der Waals surface area contributed by atoms with Gasteiger partial charge in [-0.15, -0.1) is 0 Å². The van der Waals surface area contributed by atoms with Crippen LogP contribution in [0.3, 0.4) is 0 Å². The Kier molecular flexibility index (Phi) is 9.09. The minimum atomic E-state index is -0.801. The fraction of sp³-hybridized carbons (Fsp3) is 0.286. The Bertz CT molecular complexity index is 1210. The lowest BCUT2D eigenvalue weighted by Crippen LogP contribution is -2.13. The minimum Gasteiger partial charge on any atom is -0.430 e. The Labute approximate surface area is 199 Å². The van der Waals surface area contributed by atoms with Crippen molar-refractivity contribution in [1.29, 1.82) is 0 Å². The van der Waals surface area contributed by atoms with Crippen molar-refractivity contribution in [2.24, 2.45) is 0 Å². The Balaban J connectivity index is 2.07. The van der Waals surface area contributed by atoms with Crippen molar-refractivity contribution in [2.75, 3.05) is 13.2 Å². The van der Waals surface area contributed by atoms with Crippen molar-refractivity contribution in [3.05, 3.63) is 72.3 Å². The monoisotopic (exact) mass is 462 g/mol. The summed E-state index contributed by atoms with van der Waals surface area (Å²) in [5.74, 6) is 0.732. The molecule has 0 bridgehead atoms. The largest absolute Gasteiger partial charge is 0.514 e. The van der Waals surface area contributed by atoms with E-state index in [1.807, 2.05) is 75.4 Å². The van der Waals surface area contributed by atoms with Crippen LogP contribution in [0.15, 0.2) is 66.8 Å². The molecule has 0 atom stereocenters. The first-order valence-electron chi connectivity index (χ1n) is 11.6. The van der Waals surface area contributed by atoms with Crippen LogP contribution in [-0.2, 0) is 15.9 Å². The molecule has 0 N–H and O–H groups in total. The number of carbonyl (C=O) groups excluding carboxylic acids is 2. The number of ether oxygens (including phenoxy) is 4. The van der Waals surface area contributed by atoms with Crippen molar-refractivity contribution in [1.82, 2.24) is 0 Å². The molecule has 0 radical (unpaired) electrons. The molecule has 0 saturated carbocycles. The van der Waals surface area contributed by atoms with Crippen molar-refractivity contribution < 1.29 is 28.5 Å². The van der Waals surface area contributed by atoms with Gasteiger partial charge in [0.25, 0.3) is 0 Å². The molecule has 178 valence electrons. The van der Waals surface area contributed by atoms with Crippen LogP contribution in [0.2, 0.25) is 0 Å². The van der Waals surface area contributed by atoms with E-state index in [1.54, 1.807) is 12.2 Å². The highest BCUT2D eigenvalue weighted by molar-refractivity contribution is 6.13. The summed E-state index contributed by atoms with van der Waals surface area (Å²) in [6.07, 6.45) is 8.16. The SMILES string of the molecule is CC/C=C/COC(=O)Oc1c2ccccc2c(OC(=O)OC/C=C/CC)c2c(CC)cccc12. The molecule has 6 nitrogen and oxygen atoms in total. The summed E-state index contributed by atoms with van der Waals surface area (Å²) in [6, 6.07) is 13.0. The van der Waals surface area contributed by atoms with E-state index in [1.165, 1.54) is 0 Å². The Morgan fingerprint density at radius 3 is 1.76 bits per heavy atom. The maximum Gasteiger partial charge on any atom is 0.514 e. The zero-order valence-corrected chi connectivity index (χ0v) is 19.8. The molecule has 0 aliphatic rings. The maximum absolute atomic E-state index is 12.5. The van der Waals surface area contributed by atoms with Crippen LogP contribution in [0.5, 0.6) is 11.5 Å². The maximum atomic E-state index is 12.5. The molecule has 0 spiro atoms. The third kappa shape index (κ3) is 5.95. The number of allylic oxidation sites excluding steroid dienone is 2. The predicted molar refractivity (Wildman–Crippen MR) is 134 cm³/mol. The standard InChI is InChI=1S/C28H30O6/c1-4-7-11-18-31-27(29)33-25-21-15-9-10-16-22(21)26(34-28(30)32-19-12-8-5-2)24-20(6-3)14-13-17-23(24)25/h7-17H,4-6,18-19H2,1-3H3/b11-7+,12-8+. The van der Waals surface area contributed by atoms with Crippen LogP contribution in [0.1, 0.15) is 39.2 Å². The van der Waals surface area contributed by atoms with Gasteiger partial charge in [0.05, 0.1) is 0 Å². The summed E-state index contributed by atoms with van der Waals surface area (Å²) in [6.45, 7) is 6.27. The highest BCUT2D eigenvalue weighted by Crippen LogP contribution is 2.44. The quantitative estimate of drug-likeness (QED) is 0.142. The molecule has 34 heavy (non-hydrogen) atoms. The van der Waals surface area contributed by atoms with Gasteiger partial charge in [-0.1, -0.05) is 87.5 Å². The topological polar surface area (TPSA) is 71.1 Å². The van der Waals surface area contributed by atoms with Crippen LogP contribution in [0, 0.1) is 0 Å². The lowest BCUT2D eigenvalue weighted by molar-refractivity contribution is 0.109. The van der Waals surface area contributed by atoms with Gasteiger partial charge in [-0.2, -0.15) is 0 Å². The van der Waals surface area contributed by atoms with E-state index < -0.39 is 12.3 Å². The molecule has 0 amide bonds. The molecule has 0 aliphatic heterocycles. The van der Waals surface area contributed by atoms with Gasteiger partial charge in [0.15, 0.2) is 5.75 Å². The fourth-order valence-corrected chi connectivity index (χ4v) is 3.65. The third-order valence-corrected chi connectivity index (χ3v) is 5.19. The average Bonchev–Trinajstić information content (AvgIpc) is 2.86. The summed E-state index contributed by atoms with van der Waals surface area (Å²) in [5.41, 5.74) is 0.945. The first kappa shape index (κ1) is 24.8. The number of rotatable bonds is 9. The van der Waals surface area contributed by atoms with Crippen molar-refractivity contribution >= 4 is 33.9 Å². The fourth-order valence-electron chi connectivity index (χ4n) is 3.65. The Morgan fingerprint density at radius 2 is 1.21 bits per heavy atom. The zero-order chi connectivity index (χ0) is 24.3. The third-order valence-electron chi connectivity index (χ3n) is 5.19. The van der Waals surface area contributed by atoms with Gasteiger partial charge in [-0.3, -0.25) is 0 Å². The minimum absolute atomic E-state index is 0.127. The smallest absolute Gasteiger partial charge is 0.430 e. The first-order valence-corrected chi connectivity index (χ1v) is 11.6. The molecule has 3 aromatic rings. The van der Waals surface area contributed by atoms with Crippen LogP contribution in [0.25, 0.3) is 21.5 Å². The highest BCUT2D eigenvalue weighted by Gasteiger charge is 2.22. The average molecular weight is 463 g/mol. The second-order valence-electron chi connectivity index (χ2n) is 7.48. The molecule has 0 unspecified atom stereocenters. The van der Waals surface area contributed by atoms with Gasteiger partial charge >= 0.3 is 12.3 Å². The second kappa shape index (κ2) is 12.4. The first-order chi connectivity index (χ1) is 16.6. The number of fused-ring (bicyclic) bond motifs is 2. The molecule has 3 rings (SSSR count). The molecule has 3 aromatic carbocycles. The van der Waals surface area contributed by atoms with E-state index >= 15 is 0 Å². The number of hydrogen-bond donors (Lipinski definition) is 0. The van der Waals surface area contributed by atoms with Crippen LogP contribution < -0.4 is 9.47 Å². The van der Waals surface area contributed by atoms with E-state index in [-0.39, 0.29) is 13.2 Å². The summed E-state index contributed by atoms with van der Waals surface area (Å²) in [5, 5.41) is 2.59. The Morgan fingerprint density at radius 1 is 0.676 bits per heavy atom. The van der Waals surface area contributed by atoms with Gasteiger partial charge in [0, 0.05) is 21.5 Å². The molecule has 6 heteroatoms. The summed E-state index contributed by atoms with van der Waals surface area (Å²) < 4.78 is 21.9. The summed E-state index contributed by atoms with van der Waals surface area (Å²) in [7, 11) is 0. The Hall–Kier alpha value is -3.80. The van der Waals surface area contributed by atoms with E-state index in [9.17, 15) is 9.59 Å². The van der Waals surface area contributed by atoms with Crippen LogP contribution in [-0.4, -0.2) is 25.5 Å². The molecule has 0 aliphatic carbocycles. The number of hydrogen-bond acceptors (Lipinski definition) is 6. The highest BCUT2D eigenvalue weighted by atomic mass is 16.7. The number of benzene rings is 3.